The Morgan fingerprint density at radius 1 is 0.562 bits per heavy atom. The zero-order valence-electron chi connectivity index (χ0n) is 17.0. The van der Waals surface area contributed by atoms with Crippen LogP contribution in [0.15, 0.2) is 115 Å². The molecule has 0 aliphatic heterocycles. The van der Waals surface area contributed by atoms with Crippen LogP contribution in [0.4, 0.5) is 8.78 Å². The van der Waals surface area contributed by atoms with Gasteiger partial charge in [0.05, 0.1) is 5.52 Å². The maximum atomic E-state index is 14.4. The third kappa shape index (κ3) is 3.74. The Morgan fingerprint density at radius 3 is 1.50 bits per heavy atom. The summed E-state index contributed by atoms with van der Waals surface area (Å²) in [5.74, 6) is -1.23. The molecule has 0 fully saturated rings. The predicted molar refractivity (Wildman–Crippen MR) is 126 cm³/mol. The Balaban J connectivity index is 0.00000245. The van der Waals surface area contributed by atoms with Gasteiger partial charge in [0.1, 0.15) is 27.5 Å². The number of pyridine rings is 1. The second-order valence-corrected chi connectivity index (χ2v) is 10.7. The quantitative estimate of drug-likeness (QED) is 0.341. The Kier molecular flexibility index (Phi) is 6.45. The van der Waals surface area contributed by atoms with E-state index in [1.54, 1.807) is 6.07 Å². The molecule has 5 rings (SSSR count). The molecule has 0 aliphatic rings. The van der Waals surface area contributed by atoms with Crippen molar-refractivity contribution in [2.45, 2.75) is 0 Å². The Labute approximate surface area is 196 Å². The summed E-state index contributed by atoms with van der Waals surface area (Å²) in [5.41, 5.74) is 1.13. The molecule has 0 N–H and O–H groups in total. The first-order valence-electron chi connectivity index (χ1n) is 10.0. The molecular weight excluding hydrogens is 487 g/mol. The lowest BCUT2D eigenvalue weighted by atomic mass is 10.2. The number of halogens is 3. The van der Waals surface area contributed by atoms with Gasteiger partial charge in [0.25, 0.3) is 0 Å². The predicted octanol–water partition coefficient (Wildman–Crippen LogP) is 2.14. The van der Waals surface area contributed by atoms with Crippen molar-refractivity contribution >= 4 is 39.5 Å². The van der Waals surface area contributed by atoms with Crippen molar-refractivity contribution in [2.24, 2.45) is 0 Å². The monoisotopic (exact) mass is 505 g/mol. The molecule has 0 aliphatic carbocycles. The topological polar surface area (TPSA) is 12.9 Å². The second kappa shape index (κ2) is 9.28. The lowest BCUT2D eigenvalue weighted by Gasteiger charge is -2.26. The molecule has 0 bridgehead atoms. The number of aromatic nitrogens is 1. The minimum absolute atomic E-state index is 0. The van der Waals surface area contributed by atoms with Gasteiger partial charge in [-0.1, -0.05) is 54.6 Å². The summed E-state index contributed by atoms with van der Waals surface area (Å²) in [6.07, 6.45) is 0. The summed E-state index contributed by atoms with van der Waals surface area (Å²) < 4.78 is 28.4. The van der Waals surface area contributed by atoms with E-state index >= 15 is 0 Å². The highest BCUT2D eigenvalue weighted by Gasteiger charge is 2.49. The summed E-state index contributed by atoms with van der Waals surface area (Å²) in [6, 6.07) is 36.6. The van der Waals surface area contributed by atoms with Gasteiger partial charge >= 0.3 is 0 Å². The average molecular weight is 506 g/mol. The average Bonchev–Trinajstić information content (AvgIpc) is 2.81. The van der Waals surface area contributed by atoms with E-state index in [0.29, 0.717) is 10.9 Å². The fourth-order valence-corrected chi connectivity index (χ4v) is 8.23. The van der Waals surface area contributed by atoms with Crippen molar-refractivity contribution < 1.29 is 25.8 Å². The Bertz CT molecular complexity index is 1250. The summed E-state index contributed by atoms with van der Waals surface area (Å²) >= 11 is 0. The van der Waals surface area contributed by atoms with E-state index in [0.717, 1.165) is 27.4 Å². The zero-order valence-corrected chi connectivity index (χ0v) is 19.5. The Morgan fingerprint density at radius 2 is 1.03 bits per heavy atom. The maximum Gasteiger partial charge on any atom is 0.198 e. The van der Waals surface area contributed by atoms with E-state index < -0.39 is 18.9 Å². The van der Waals surface area contributed by atoms with Gasteiger partial charge in [-0.25, -0.2) is 13.8 Å². The molecule has 0 radical (unpaired) electrons. The summed E-state index contributed by atoms with van der Waals surface area (Å²) in [6.45, 7) is 0. The number of benzene rings is 4. The first-order valence-corrected chi connectivity index (χ1v) is 11.8. The Hall–Kier alpha value is -2.94. The van der Waals surface area contributed by atoms with Crippen LogP contribution in [0.3, 0.4) is 0 Å². The molecule has 0 spiro atoms. The first kappa shape index (κ1) is 22.3. The van der Waals surface area contributed by atoms with Crippen molar-refractivity contribution in [3.63, 3.8) is 0 Å². The number of rotatable bonds is 4. The van der Waals surface area contributed by atoms with Crippen LogP contribution >= 0.6 is 7.26 Å². The van der Waals surface area contributed by atoms with Crippen molar-refractivity contribution in [3.05, 3.63) is 127 Å². The molecule has 0 atom stereocenters. The maximum absolute atomic E-state index is 14.4. The molecule has 1 nitrogen and oxygen atoms in total. The summed E-state index contributed by atoms with van der Waals surface area (Å²) in [7, 11) is -2.40. The molecule has 0 saturated carbocycles. The minimum Gasteiger partial charge on any atom is -1.00 e. The second-order valence-electron chi connectivity index (χ2n) is 7.30. The van der Waals surface area contributed by atoms with Crippen LogP contribution in [-0.2, 0) is 0 Å². The normalized spacial score (nSPS) is 11.2. The smallest absolute Gasteiger partial charge is 0.198 e. The number of hydrogen-bond acceptors (Lipinski definition) is 1. The van der Waals surface area contributed by atoms with Gasteiger partial charge in [-0.15, -0.1) is 0 Å². The van der Waals surface area contributed by atoms with Gasteiger partial charge < -0.3 is 17.0 Å². The molecule has 0 saturated heterocycles. The first-order chi connectivity index (χ1) is 15.2. The lowest BCUT2D eigenvalue weighted by Crippen LogP contribution is -3.00. The van der Waals surface area contributed by atoms with Crippen molar-refractivity contribution in [1.29, 1.82) is 0 Å². The molecular formula is C27H19BrF2NP. The molecule has 5 heteroatoms. The van der Waals surface area contributed by atoms with Crippen molar-refractivity contribution in [3.8, 4) is 0 Å². The van der Waals surface area contributed by atoms with E-state index in [2.05, 4.69) is 36.4 Å². The van der Waals surface area contributed by atoms with Crippen LogP contribution in [-0.4, -0.2) is 4.98 Å². The summed E-state index contributed by atoms with van der Waals surface area (Å²) in [5, 5.41) is 3.72. The highest BCUT2D eigenvalue weighted by Crippen LogP contribution is 2.53. The molecule has 0 amide bonds. The molecule has 32 heavy (non-hydrogen) atoms. The SMILES string of the molecule is Fc1cc(F)c2ccc([P+](c3ccccc3)(c3ccccc3)c3ccccc3)nc2c1.[Br-]. The van der Waals surface area contributed by atoms with Crippen LogP contribution in [0, 0.1) is 11.6 Å². The van der Waals surface area contributed by atoms with E-state index in [-0.39, 0.29) is 17.0 Å². The van der Waals surface area contributed by atoms with Crippen LogP contribution in [0.5, 0.6) is 0 Å². The van der Waals surface area contributed by atoms with Crippen molar-refractivity contribution in [1.82, 2.24) is 4.98 Å². The standard InChI is InChI=1S/C27H19F2NP.BrH/c28-20-18-25(29)24-16-17-27(30-26(24)19-20)31(21-10-4-1-5-11-21,22-12-6-2-7-13-22)23-14-8-3-9-15-23;/h1-19H;1H/q+1;/p-1. The third-order valence-corrected chi connectivity index (χ3v) is 9.64. The van der Waals surface area contributed by atoms with Gasteiger partial charge in [-0.2, -0.15) is 0 Å². The van der Waals surface area contributed by atoms with Crippen LogP contribution < -0.4 is 38.3 Å². The fraction of sp³-hybridized carbons (Fsp3) is 0. The molecule has 1 aromatic heterocycles. The van der Waals surface area contributed by atoms with Gasteiger partial charge in [0, 0.05) is 23.6 Å². The van der Waals surface area contributed by atoms with Crippen molar-refractivity contribution in [2.75, 3.05) is 0 Å². The van der Waals surface area contributed by atoms with Crippen LogP contribution in [0.2, 0.25) is 0 Å². The van der Waals surface area contributed by atoms with Gasteiger partial charge in [0.2, 0.25) is 0 Å². The van der Waals surface area contributed by atoms with E-state index in [1.807, 2.05) is 60.7 Å². The van der Waals surface area contributed by atoms with Crippen LogP contribution in [0.25, 0.3) is 10.9 Å². The largest absolute Gasteiger partial charge is 1.00 e. The van der Waals surface area contributed by atoms with Gasteiger partial charge in [0.15, 0.2) is 12.7 Å². The molecule has 1 heterocycles. The molecule has 5 aromatic rings. The van der Waals surface area contributed by atoms with E-state index in [1.165, 1.54) is 6.07 Å². The van der Waals surface area contributed by atoms with Gasteiger partial charge in [-0.05, 0) is 42.5 Å². The number of nitrogens with zero attached hydrogens (tertiary/aromatic N) is 1. The van der Waals surface area contributed by atoms with E-state index in [9.17, 15) is 8.78 Å². The molecule has 158 valence electrons. The van der Waals surface area contributed by atoms with Crippen LogP contribution in [0.1, 0.15) is 0 Å². The number of hydrogen-bond donors (Lipinski definition) is 0. The minimum atomic E-state index is -2.40. The summed E-state index contributed by atoms with van der Waals surface area (Å²) in [4.78, 5) is 4.87. The van der Waals surface area contributed by atoms with Gasteiger partial charge in [-0.3, -0.25) is 0 Å². The number of fused-ring (bicyclic) bond motifs is 1. The highest BCUT2D eigenvalue weighted by molar-refractivity contribution is 8.01. The lowest BCUT2D eigenvalue weighted by molar-refractivity contribution is -0.00000721. The molecule has 0 unspecified atom stereocenters. The third-order valence-electron chi connectivity index (χ3n) is 5.48. The zero-order chi connectivity index (χ0) is 21.3. The van der Waals surface area contributed by atoms with E-state index in [4.69, 9.17) is 4.98 Å². The fourth-order valence-electron chi connectivity index (χ4n) is 4.13. The highest BCUT2D eigenvalue weighted by atomic mass is 79.9. The molecule has 4 aromatic carbocycles.